The largest absolute Gasteiger partial charge is 0.466 e. The van der Waals surface area contributed by atoms with Crippen LogP contribution in [0.1, 0.15) is 27.2 Å². The summed E-state index contributed by atoms with van der Waals surface area (Å²) in [5, 5.41) is 0. The molecule has 0 bridgehead atoms. The van der Waals surface area contributed by atoms with Crippen LogP contribution in [0.25, 0.3) is 0 Å². The van der Waals surface area contributed by atoms with E-state index in [1.165, 1.54) is 0 Å². The third kappa shape index (κ3) is 4.62. The molecule has 0 rings (SSSR count). The molecule has 0 saturated carbocycles. The first-order valence-electron chi connectivity index (χ1n) is 3.39. The fourth-order valence-electron chi connectivity index (χ4n) is 0.451. The Bertz CT molecular complexity index is 93.6. The first-order chi connectivity index (χ1) is 4.22. The molecule has 1 atom stereocenters. The molecule has 62 valence electrons. The van der Waals surface area contributed by atoms with Gasteiger partial charge in [0.2, 0.25) is 0 Å². The number of carbonyl (C=O) groups excluding carboxylic acids is 1. The summed E-state index contributed by atoms with van der Waals surface area (Å²) < 4.78 is 4.76. The summed E-state index contributed by atoms with van der Waals surface area (Å²) in [7, 11) is 0. The first kappa shape index (κ1) is 12.4. The molecule has 3 heteroatoms. The number of hydrogen-bond donors (Lipinski definition) is 0. The zero-order chi connectivity index (χ0) is 7.28. The molecule has 0 aromatic heterocycles. The van der Waals surface area contributed by atoms with Gasteiger partial charge in [0.15, 0.2) is 0 Å². The third-order valence-electron chi connectivity index (χ3n) is 1.30. The Morgan fingerprint density at radius 2 is 2.00 bits per heavy atom. The maximum absolute atomic E-state index is 10.8. The highest BCUT2D eigenvalue weighted by Crippen LogP contribution is 2.01. The molecule has 0 N–H and O–H groups in total. The van der Waals surface area contributed by atoms with Gasteiger partial charge in [0, 0.05) is 0 Å². The van der Waals surface area contributed by atoms with Crippen molar-refractivity contribution in [3.05, 3.63) is 0 Å². The number of halogens is 1. The SMILES string of the molecule is CCOC(=O)C(C)CC.Cl. The van der Waals surface area contributed by atoms with E-state index in [-0.39, 0.29) is 24.3 Å². The second-order valence-corrected chi connectivity index (χ2v) is 2.06. The molecule has 0 aromatic rings. The zero-order valence-electron chi connectivity index (χ0n) is 6.72. The van der Waals surface area contributed by atoms with Crippen LogP contribution in [0.15, 0.2) is 0 Å². The molecule has 10 heavy (non-hydrogen) atoms. The zero-order valence-corrected chi connectivity index (χ0v) is 7.53. The van der Waals surface area contributed by atoms with Gasteiger partial charge in [-0.15, -0.1) is 12.4 Å². The van der Waals surface area contributed by atoms with Crippen molar-refractivity contribution in [2.24, 2.45) is 5.92 Å². The van der Waals surface area contributed by atoms with Gasteiger partial charge in [0.1, 0.15) is 0 Å². The normalized spacial score (nSPS) is 11.5. The van der Waals surface area contributed by atoms with Gasteiger partial charge in [-0.1, -0.05) is 13.8 Å². The van der Waals surface area contributed by atoms with Gasteiger partial charge in [-0.3, -0.25) is 4.79 Å². The van der Waals surface area contributed by atoms with E-state index in [1.54, 1.807) is 0 Å². The minimum Gasteiger partial charge on any atom is -0.466 e. The van der Waals surface area contributed by atoms with Crippen LogP contribution in [0, 0.1) is 5.92 Å². The highest BCUT2D eigenvalue weighted by atomic mass is 35.5. The summed E-state index contributed by atoms with van der Waals surface area (Å²) in [5.41, 5.74) is 0. The van der Waals surface area contributed by atoms with E-state index < -0.39 is 0 Å². The van der Waals surface area contributed by atoms with Gasteiger partial charge in [0.05, 0.1) is 12.5 Å². The predicted octanol–water partition coefficient (Wildman–Crippen LogP) is 2.02. The minimum atomic E-state index is -0.0833. The fourth-order valence-corrected chi connectivity index (χ4v) is 0.451. The van der Waals surface area contributed by atoms with Crippen molar-refractivity contribution < 1.29 is 9.53 Å². The molecule has 0 aliphatic rings. The molecule has 0 radical (unpaired) electrons. The van der Waals surface area contributed by atoms with Crippen LogP contribution >= 0.6 is 12.4 Å². The van der Waals surface area contributed by atoms with E-state index in [1.807, 2.05) is 20.8 Å². The maximum Gasteiger partial charge on any atom is 0.308 e. The van der Waals surface area contributed by atoms with Crippen LogP contribution in [0.3, 0.4) is 0 Å². The van der Waals surface area contributed by atoms with Crippen LogP contribution in [-0.2, 0) is 9.53 Å². The Labute approximate surface area is 68.4 Å². The minimum absolute atomic E-state index is 0. The first-order valence-corrected chi connectivity index (χ1v) is 3.39. The summed E-state index contributed by atoms with van der Waals surface area (Å²) in [6, 6.07) is 0. The summed E-state index contributed by atoms with van der Waals surface area (Å²) in [6.45, 7) is 6.16. The van der Waals surface area contributed by atoms with Crippen molar-refractivity contribution in [1.29, 1.82) is 0 Å². The molecule has 1 unspecified atom stereocenters. The van der Waals surface area contributed by atoms with Gasteiger partial charge < -0.3 is 4.74 Å². The highest BCUT2D eigenvalue weighted by molar-refractivity contribution is 5.85. The lowest BCUT2D eigenvalue weighted by Gasteiger charge is -2.05. The monoisotopic (exact) mass is 166 g/mol. The predicted molar refractivity (Wildman–Crippen MR) is 43.3 cm³/mol. The Kier molecular flexibility index (Phi) is 8.55. The molecule has 0 heterocycles. The van der Waals surface area contributed by atoms with Crippen molar-refractivity contribution >= 4 is 18.4 Å². The molecule has 0 fully saturated rings. The smallest absolute Gasteiger partial charge is 0.308 e. The van der Waals surface area contributed by atoms with Crippen LogP contribution in [0.5, 0.6) is 0 Å². The quantitative estimate of drug-likeness (QED) is 0.600. The van der Waals surface area contributed by atoms with Crippen LogP contribution in [0.2, 0.25) is 0 Å². The Morgan fingerprint density at radius 1 is 1.50 bits per heavy atom. The molecule has 0 saturated heterocycles. The van der Waals surface area contributed by atoms with E-state index in [2.05, 4.69) is 0 Å². The average Bonchev–Trinajstić information content (AvgIpc) is 1.87. The third-order valence-corrected chi connectivity index (χ3v) is 1.30. The molecular weight excluding hydrogens is 152 g/mol. The average molecular weight is 167 g/mol. The second kappa shape index (κ2) is 6.87. The van der Waals surface area contributed by atoms with E-state index in [9.17, 15) is 4.79 Å². The van der Waals surface area contributed by atoms with E-state index in [0.717, 1.165) is 6.42 Å². The maximum atomic E-state index is 10.8. The Balaban J connectivity index is 0. The number of carbonyl (C=O) groups is 1. The van der Waals surface area contributed by atoms with Gasteiger partial charge in [-0.25, -0.2) is 0 Å². The molecule has 0 spiro atoms. The number of esters is 1. The van der Waals surface area contributed by atoms with E-state index >= 15 is 0 Å². The van der Waals surface area contributed by atoms with Gasteiger partial charge >= 0.3 is 5.97 Å². The van der Waals surface area contributed by atoms with Crippen molar-refractivity contribution in [2.75, 3.05) is 6.61 Å². The summed E-state index contributed by atoms with van der Waals surface area (Å²) in [6.07, 6.45) is 0.860. The summed E-state index contributed by atoms with van der Waals surface area (Å²) in [5.74, 6) is -0.0232. The molecule has 0 amide bonds. The Morgan fingerprint density at radius 3 is 2.30 bits per heavy atom. The molecule has 0 aromatic carbocycles. The highest BCUT2D eigenvalue weighted by Gasteiger charge is 2.09. The summed E-state index contributed by atoms with van der Waals surface area (Å²) >= 11 is 0. The number of rotatable bonds is 3. The standard InChI is InChI=1S/C7H14O2.ClH/c1-4-6(3)7(8)9-5-2;/h6H,4-5H2,1-3H3;1H. The van der Waals surface area contributed by atoms with Crippen molar-refractivity contribution in [1.82, 2.24) is 0 Å². The number of ether oxygens (including phenoxy) is 1. The van der Waals surface area contributed by atoms with Crippen LogP contribution < -0.4 is 0 Å². The van der Waals surface area contributed by atoms with Gasteiger partial charge in [-0.05, 0) is 13.3 Å². The van der Waals surface area contributed by atoms with Gasteiger partial charge in [-0.2, -0.15) is 0 Å². The molecule has 0 aliphatic heterocycles. The topological polar surface area (TPSA) is 26.3 Å². The lowest BCUT2D eigenvalue weighted by Crippen LogP contribution is -2.13. The van der Waals surface area contributed by atoms with E-state index in [4.69, 9.17) is 4.74 Å². The van der Waals surface area contributed by atoms with Gasteiger partial charge in [0.25, 0.3) is 0 Å². The van der Waals surface area contributed by atoms with Crippen LogP contribution in [0.4, 0.5) is 0 Å². The summed E-state index contributed by atoms with van der Waals surface area (Å²) in [4.78, 5) is 10.8. The van der Waals surface area contributed by atoms with Crippen molar-refractivity contribution in [2.45, 2.75) is 27.2 Å². The molecule has 2 nitrogen and oxygen atoms in total. The Hall–Kier alpha value is -0.240. The lowest BCUT2D eigenvalue weighted by atomic mass is 10.1. The van der Waals surface area contributed by atoms with Crippen molar-refractivity contribution in [3.63, 3.8) is 0 Å². The lowest BCUT2D eigenvalue weighted by molar-refractivity contribution is -0.147. The fraction of sp³-hybridized carbons (Fsp3) is 0.857. The van der Waals surface area contributed by atoms with Crippen LogP contribution in [-0.4, -0.2) is 12.6 Å². The molecular formula is C7H15ClO2. The second-order valence-electron chi connectivity index (χ2n) is 2.06. The van der Waals surface area contributed by atoms with Crippen molar-refractivity contribution in [3.8, 4) is 0 Å². The van der Waals surface area contributed by atoms with E-state index in [0.29, 0.717) is 6.61 Å². The molecule has 0 aliphatic carbocycles. The number of hydrogen-bond acceptors (Lipinski definition) is 2.